The molecule has 37 heavy (non-hydrogen) atoms. The van der Waals surface area contributed by atoms with Crippen LogP contribution in [0.3, 0.4) is 0 Å². The largest absolute Gasteiger partial charge is 0.466 e. The van der Waals surface area contributed by atoms with Crippen LogP contribution >= 0.6 is 0 Å². The molecule has 1 aliphatic heterocycles. The van der Waals surface area contributed by atoms with Crippen LogP contribution in [0.1, 0.15) is 33.4 Å². The number of aromatic nitrogens is 6. The second-order valence-electron chi connectivity index (χ2n) is 8.92. The van der Waals surface area contributed by atoms with Crippen LogP contribution in [0.15, 0.2) is 18.6 Å². The van der Waals surface area contributed by atoms with Crippen LogP contribution in [0.25, 0.3) is 16.9 Å². The van der Waals surface area contributed by atoms with Gasteiger partial charge in [0.25, 0.3) is 0 Å². The Morgan fingerprint density at radius 3 is 2.70 bits per heavy atom. The zero-order valence-electron chi connectivity index (χ0n) is 20.8. The Kier molecular flexibility index (Phi) is 7.62. The third-order valence-electron chi connectivity index (χ3n) is 6.02. The highest BCUT2D eigenvalue weighted by molar-refractivity contribution is 7.88. The summed E-state index contributed by atoms with van der Waals surface area (Å²) in [6.07, 6.45) is 1.15. The summed E-state index contributed by atoms with van der Waals surface area (Å²) in [5.74, 6) is -0.122. The van der Waals surface area contributed by atoms with Gasteiger partial charge in [-0.05, 0) is 26.2 Å². The molecule has 1 N–H and O–H groups in total. The van der Waals surface area contributed by atoms with E-state index >= 15 is 0 Å². The first-order valence-electron chi connectivity index (χ1n) is 11.7. The monoisotopic (exact) mass is 546 g/mol. The van der Waals surface area contributed by atoms with Crippen molar-refractivity contribution in [2.45, 2.75) is 45.6 Å². The van der Waals surface area contributed by atoms with Crippen LogP contribution in [0.4, 0.5) is 19.1 Å². The summed E-state index contributed by atoms with van der Waals surface area (Å²) in [7, 11) is -3.30. The van der Waals surface area contributed by atoms with Gasteiger partial charge in [0.15, 0.2) is 12.3 Å². The number of hydrogen-bond donors (Lipinski definition) is 1. The van der Waals surface area contributed by atoms with Crippen molar-refractivity contribution in [1.29, 1.82) is 0 Å². The quantitative estimate of drug-likeness (QED) is 0.431. The molecule has 0 amide bonds. The number of piperidine rings is 1. The molecular weight excluding hydrogens is 517 g/mol. The highest BCUT2D eigenvalue weighted by atomic mass is 32.2. The fraction of sp³-hybridized carbons (Fsp3) is 0.619. The summed E-state index contributed by atoms with van der Waals surface area (Å²) in [5, 5.41) is 11.8. The van der Waals surface area contributed by atoms with Crippen LogP contribution in [-0.2, 0) is 14.8 Å². The lowest BCUT2D eigenvalue weighted by molar-refractivity contribution is -0.154. The van der Waals surface area contributed by atoms with Gasteiger partial charge in [-0.15, -0.1) is 5.10 Å². The number of nitrogens with zero attached hydrogens (tertiary/aromatic N) is 7. The third-order valence-corrected chi connectivity index (χ3v) is 7.29. The third kappa shape index (κ3) is 6.30. The van der Waals surface area contributed by atoms with Crippen LogP contribution in [0, 0.1) is 5.92 Å². The minimum absolute atomic E-state index is 0.0529. The Balaban J connectivity index is 1.64. The molecular formula is C21H29F3N8O4S. The van der Waals surface area contributed by atoms with Gasteiger partial charge in [0.1, 0.15) is 11.9 Å². The predicted octanol–water partition coefficient (Wildman–Crippen LogP) is 2.57. The zero-order chi connectivity index (χ0) is 27.0. The molecule has 3 aromatic rings. The molecule has 1 fully saturated rings. The van der Waals surface area contributed by atoms with Crippen molar-refractivity contribution in [2.75, 3.05) is 37.9 Å². The molecule has 1 unspecified atom stereocenters. The van der Waals surface area contributed by atoms with E-state index < -0.39 is 22.8 Å². The number of rotatable bonds is 9. The molecule has 204 valence electrons. The van der Waals surface area contributed by atoms with E-state index in [-0.39, 0.29) is 41.4 Å². The van der Waals surface area contributed by atoms with E-state index in [1.807, 2.05) is 13.8 Å². The fourth-order valence-electron chi connectivity index (χ4n) is 4.14. The van der Waals surface area contributed by atoms with Gasteiger partial charge in [0.05, 0.1) is 18.6 Å². The first-order chi connectivity index (χ1) is 17.4. The van der Waals surface area contributed by atoms with E-state index in [1.54, 1.807) is 13.1 Å². The molecule has 4 rings (SSSR count). The van der Waals surface area contributed by atoms with Crippen LogP contribution in [0.5, 0.6) is 5.88 Å². The van der Waals surface area contributed by atoms with Crippen LogP contribution in [0.2, 0.25) is 0 Å². The first-order valence-corrected chi connectivity index (χ1v) is 13.5. The highest BCUT2D eigenvalue weighted by Gasteiger charge is 2.32. The SMILES string of the molecule is CCOC(C)n1cc(-c2ncc3nc(N[C@H]4CCN(S(C)(=O)=O)C[C@H]4C)nn3c2OCC(F)(F)F)cn1. The van der Waals surface area contributed by atoms with Crippen molar-refractivity contribution in [3.8, 4) is 17.1 Å². The summed E-state index contributed by atoms with van der Waals surface area (Å²) in [4.78, 5) is 8.65. The van der Waals surface area contributed by atoms with E-state index in [0.717, 1.165) is 4.52 Å². The van der Waals surface area contributed by atoms with Crippen molar-refractivity contribution < 1.29 is 31.1 Å². The van der Waals surface area contributed by atoms with Gasteiger partial charge >= 0.3 is 6.18 Å². The zero-order valence-corrected chi connectivity index (χ0v) is 21.6. The van der Waals surface area contributed by atoms with Crippen molar-refractivity contribution in [1.82, 2.24) is 33.7 Å². The summed E-state index contributed by atoms with van der Waals surface area (Å²) < 4.78 is 77.7. The number of ether oxygens (including phenoxy) is 2. The van der Waals surface area contributed by atoms with Crippen LogP contribution < -0.4 is 10.1 Å². The smallest absolute Gasteiger partial charge is 0.422 e. The van der Waals surface area contributed by atoms with Crippen molar-refractivity contribution in [2.24, 2.45) is 5.92 Å². The number of alkyl halides is 3. The summed E-state index contributed by atoms with van der Waals surface area (Å²) in [6, 6.07) is -0.138. The second kappa shape index (κ2) is 10.4. The first kappa shape index (κ1) is 27.1. The molecule has 0 aromatic carbocycles. The molecule has 0 saturated carbocycles. The molecule has 4 heterocycles. The van der Waals surface area contributed by atoms with Gasteiger partial charge in [-0.2, -0.15) is 27.8 Å². The number of sulfonamides is 1. The van der Waals surface area contributed by atoms with Gasteiger partial charge in [-0.3, -0.25) is 0 Å². The van der Waals surface area contributed by atoms with E-state index in [9.17, 15) is 21.6 Å². The number of hydrogen-bond acceptors (Lipinski definition) is 9. The molecule has 0 aliphatic carbocycles. The highest BCUT2D eigenvalue weighted by Crippen LogP contribution is 2.31. The van der Waals surface area contributed by atoms with Gasteiger partial charge in [0.2, 0.25) is 21.9 Å². The van der Waals surface area contributed by atoms with Crippen molar-refractivity contribution >= 4 is 21.6 Å². The lowest BCUT2D eigenvalue weighted by Crippen LogP contribution is -2.47. The van der Waals surface area contributed by atoms with E-state index in [1.165, 1.54) is 27.6 Å². The maximum Gasteiger partial charge on any atom is 0.422 e. The maximum absolute atomic E-state index is 13.1. The van der Waals surface area contributed by atoms with E-state index in [0.29, 0.717) is 31.7 Å². The lowest BCUT2D eigenvalue weighted by Gasteiger charge is -2.35. The molecule has 3 atom stereocenters. The fourth-order valence-corrected chi connectivity index (χ4v) is 5.08. The summed E-state index contributed by atoms with van der Waals surface area (Å²) in [5.41, 5.74) is 0.704. The Morgan fingerprint density at radius 2 is 2.05 bits per heavy atom. The molecule has 16 heteroatoms. The minimum atomic E-state index is -4.59. The van der Waals surface area contributed by atoms with Crippen molar-refractivity contribution in [3.63, 3.8) is 0 Å². The molecule has 0 bridgehead atoms. The normalized spacial score (nSPS) is 20.3. The van der Waals surface area contributed by atoms with Gasteiger partial charge in [0, 0.05) is 37.5 Å². The number of halogens is 3. The average molecular weight is 547 g/mol. The molecule has 0 radical (unpaired) electrons. The number of nitrogens with one attached hydrogen (secondary N) is 1. The minimum Gasteiger partial charge on any atom is -0.466 e. The maximum atomic E-state index is 13.1. The molecule has 3 aromatic heterocycles. The number of fused-ring (bicyclic) bond motifs is 1. The molecule has 12 nitrogen and oxygen atoms in total. The Labute approximate surface area is 211 Å². The predicted molar refractivity (Wildman–Crippen MR) is 127 cm³/mol. The Hall–Kier alpha value is -2.98. The van der Waals surface area contributed by atoms with Gasteiger partial charge in [-0.1, -0.05) is 6.92 Å². The Bertz CT molecular complexity index is 1340. The average Bonchev–Trinajstić information content (AvgIpc) is 3.45. The molecule has 1 aliphatic rings. The lowest BCUT2D eigenvalue weighted by atomic mass is 9.95. The summed E-state index contributed by atoms with van der Waals surface area (Å²) >= 11 is 0. The standard InChI is InChI=1S/C21H29F3N8O4S/c1-5-35-14(3)31-11-15(8-26-31)18-19(36-12-21(22,23)24)32-17(9-25-18)28-20(29-32)27-16-6-7-30(10-13(16)2)37(4,33)34/h8-9,11,13-14,16H,5-7,10,12H2,1-4H3,(H,27,29)/t13-,14?,16+/m1/s1. The second-order valence-corrected chi connectivity index (χ2v) is 10.9. The summed E-state index contributed by atoms with van der Waals surface area (Å²) in [6.45, 7) is 5.11. The topological polar surface area (TPSA) is 129 Å². The van der Waals surface area contributed by atoms with Gasteiger partial charge < -0.3 is 14.8 Å². The van der Waals surface area contributed by atoms with Gasteiger partial charge in [-0.25, -0.2) is 22.4 Å². The van der Waals surface area contributed by atoms with E-state index in [4.69, 9.17) is 9.47 Å². The van der Waals surface area contributed by atoms with Crippen LogP contribution in [-0.4, -0.2) is 86.9 Å². The molecule has 0 spiro atoms. The number of anilines is 1. The van der Waals surface area contributed by atoms with Crippen molar-refractivity contribution in [3.05, 3.63) is 18.6 Å². The van der Waals surface area contributed by atoms with E-state index in [2.05, 4.69) is 25.5 Å². The molecule has 1 saturated heterocycles. The Morgan fingerprint density at radius 1 is 1.30 bits per heavy atom.